The molecule has 2 atom stereocenters. The van der Waals surface area contributed by atoms with Crippen molar-refractivity contribution in [2.75, 3.05) is 38.1 Å². The highest BCUT2D eigenvalue weighted by molar-refractivity contribution is 5.95. The van der Waals surface area contributed by atoms with Crippen molar-refractivity contribution in [1.82, 2.24) is 19.4 Å². The standard InChI is InChI=1S/C26H31F2N5O/c1-18(31-14-12-30(2)13-15-31)17-32-23-7-4-3-6-22(23)29-26(32)24-8-5-9-25(34)33(24)19-10-11-20(27)21(28)16-19/h3-4,6-7,10-11,16,18,24H,5,8-9,12-15,17H2,1-2H3/t18-,24?/m0/s1. The number of nitrogens with zero attached hydrogens (tertiary/aromatic N) is 5. The predicted octanol–water partition coefficient (Wildman–Crippen LogP) is 4.21. The van der Waals surface area contributed by atoms with Gasteiger partial charge < -0.3 is 14.4 Å². The summed E-state index contributed by atoms with van der Waals surface area (Å²) in [5.74, 6) is -1.15. The lowest BCUT2D eigenvalue weighted by Crippen LogP contribution is -2.49. The SMILES string of the molecule is C[C@@H](Cn1c(C2CCCC(=O)N2c2ccc(F)c(F)c2)nc2ccccc21)N1CCN(C)CC1. The van der Waals surface area contributed by atoms with Crippen LogP contribution in [0.3, 0.4) is 0 Å². The van der Waals surface area contributed by atoms with Gasteiger partial charge in [-0.05, 0) is 51.1 Å². The number of amides is 1. The molecule has 1 unspecified atom stereocenters. The van der Waals surface area contributed by atoms with Crippen molar-refractivity contribution in [3.8, 4) is 0 Å². The zero-order valence-corrected chi connectivity index (χ0v) is 19.8. The van der Waals surface area contributed by atoms with Crippen LogP contribution in [0.15, 0.2) is 42.5 Å². The highest BCUT2D eigenvalue weighted by Gasteiger charge is 2.35. The van der Waals surface area contributed by atoms with Crippen molar-refractivity contribution in [2.24, 2.45) is 0 Å². The van der Waals surface area contributed by atoms with Crippen molar-refractivity contribution in [3.63, 3.8) is 0 Å². The Morgan fingerprint density at radius 2 is 1.82 bits per heavy atom. The molecule has 8 heteroatoms. The number of para-hydroxylation sites is 2. The quantitative estimate of drug-likeness (QED) is 0.564. The van der Waals surface area contributed by atoms with E-state index in [1.165, 1.54) is 6.07 Å². The van der Waals surface area contributed by atoms with E-state index < -0.39 is 11.6 Å². The number of halogens is 2. The van der Waals surface area contributed by atoms with Gasteiger partial charge in [0.2, 0.25) is 5.91 Å². The van der Waals surface area contributed by atoms with Gasteiger partial charge >= 0.3 is 0 Å². The molecule has 1 aromatic heterocycles. The first-order chi connectivity index (χ1) is 16.4. The molecule has 180 valence electrons. The molecule has 34 heavy (non-hydrogen) atoms. The minimum Gasteiger partial charge on any atom is -0.325 e. The van der Waals surface area contributed by atoms with E-state index >= 15 is 0 Å². The average molecular weight is 468 g/mol. The Morgan fingerprint density at radius 3 is 2.59 bits per heavy atom. The fraction of sp³-hybridized carbons (Fsp3) is 0.462. The molecule has 1 amide bonds. The minimum atomic E-state index is -0.952. The molecule has 0 aliphatic carbocycles. The van der Waals surface area contributed by atoms with Crippen LogP contribution in [0.4, 0.5) is 14.5 Å². The Balaban J connectivity index is 1.54. The summed E-state index contributed by atoms with van der Waals surface area (Å²) in [4.78, 5) is 24.5. The van der Waals surface area contributed by atoms with Crippen LogP contribution in [0.1, 0.15) is 38.1 Å². The third kappa shape index (κ3) is 4.32. The lowest BCUT2D eigenvalue weighted by molar-refractivity contribution is -0.120. The number of hydrogen-bond acceptors (Lipinski definition) is 4. The third-order valence-electron chi connectivity index (χ3n) is 7.22. The van der Waals surface area contributed by atoms with Gasteiger partial charge in [0.15, 0.2) is 11.6 Å². The number of aromatic nitrogens is 2. The number of carbonyl (C=O) groups is 1. The van der Waals surface area contributed by atoms with Crippen LogP contribution >= 0.6 is 0 Å². The molecule has 2 saturated heterocycles. The first-order valence-corrected chi connectivity index (χ1v) is 12.1. The van der Waals surface area contributed by atoms with E-state index in [0.717, 1.165) is 74.6 Å². The molecule has 5 rings (SSSR count). The van der Waals surface area contributed by atoms with E-state index in [4.69, 9.17) is 4.98 Å². The molecule has 3 heterocycles. The molecule has 0 spiro atoms. The maximum atomic E-state index is 14.1. The van der Waals surface area contributed by atoms with Gasteiger partial charge in [0.05, 0.1) is 17.1 Å². The van der Waals surface area contributed by atoms with Crippen molar-refractivity contribution < 1.29 is 13.6 Å². The molecule has 2 aliphatic heterocycles. The van der Waals surface area contributed by atoms with E-state index in [9.17, 15) is 13.6 Å². The minimum absolute atomic E-state index is 0.0898. The number of likely N-dealkylation sites (N-methyl/N-ethyl adjacent to an activating group) is 1. The maximum absolute atomic E-state index is 14.1. The van der Waals surface area contributed by atoms with Crippen LogP contribution in [0.25, 0.3) is 11.0 Å². The van der Waals surface area contributed by atoms with Crippen LogP contribution < -0.4 is 4.90 Å². The molecule has 0 radical (unpaired) electrons. The van der Waals surface area contributed by atoms with Gasteiger partial charge in [-0.3, -0.25) is 9.69 Å². The van der Waals surface area contributed by atoms with E-state index in [-0.39, 0.29) is 11.9 Å². The molecule has 2 fully saturated rings. The summed E-state index contributed by atoms with van der Waals surface area (Å²) in [6, 6.07) is 11.7. The number of fused-ring (bicyclic) bond motifs is 1. The number of imidazole rings is 1. The van der Waals surface area contributed by atoms with Gasteiger partial charge in [-0.1, -0.05) is 12.1 Å². The number of anilines is 1. The Kier molecular flexibility index (Phi) is 6.36. The van der Waals surface area contributed by atoms with E-state index in [2.05, 4.69) is 34.4 Å². The van der Waals surface area contributed by atoms with Crippen molar-refractivity contribution >= 4 is 22.6 Å². The van der Waals surface area contributed by atoms with Gasteiger partial charge in [0.1, 0.15) is 5.82 Å². The molecule has 3 aromatic rings. The summed E-state index contributed by atoms with van der Waals surface area (Å²) in [5, 5.41) is 0. The van der Waals surface area contributed by atoms with Crippen LogP contribution in [-0.2, 0) is 11.3 Å². The fourth-order valence-corrected chi connectivity index (χ4v) is 5.26. The molecule has 6 nitrogen and oxygen atoms in total. The number of piperidine rings is 1. The molecule has 0 saturated carbocycles. The molecular weight excluding hydrogens is 436 g/mol. The zero-order chi connectivity index (χ0) is 23.8. The highest BCUT2D eigenvalue weighted by atomic mass is 19.2. The fourth-order valence-electron chi connectivity index (χ4n) is 5.26. The van der Waals surface area contributed by atoms with E-state index in [1.54, 1.807) is 4.90 Å². The molecule has 0 bridgehead atoms. The molecule has 0 N–H and O–H groups in total. The number of benzene rings is 2. The summed E-state index contributed by atoms with van der Waals surface area (Å²) >= 11 is 0. The predicted molar refractivity (Wildman–Crippen MR) is 129 cm³/mol. The number of rotatable bonds is 5. The second kappa shape index (κ2) is 9.43. The van der Waals surface area contributed by atoms with Crippen LogP contribution in [0.2, 0.25) is 0 Å². The first-order valence-electron chi connectivity index (χ1n) is 12.1. The van der Waals surface area contributed by atoms with E-state index in [1.807, 2.05) is 18.2 Å². The van der Waals surface area contributed by atoms with Crippen LogP contribution in [-0.4, -0.2) is 64.5 Å². The summed E-state index contributed by atoms with van der Waals surface area (Å²) < 4.78 is 30.0. The normalized spacial score (nSPS) is 21.4. The number of carbonyl (C=O) groups excluding carboxylic acids is 1. The van der Waals surface area contributed by atoms with Gasteiger partial charge in [-0.15, -0.1) is 0 Å². The van der Waals surface area contributed by atoms with Crippen molar-refractivity contribution in [2.45, 2.75) is 44.8 Å². The summed E-state index contributed by atoms with van der Waals surface area (Å²) in [6.45, 7) is 7.11. The lowest BCUT2D eigenvalue weighted by atomic mass is 9.99. The second-order valence-electron chi connectivity index (χ2n) is 9.53. The second-order valence-corrected chi connectivity index (χ2v) is 9.53. The van der Waals surface area contributed by atoms with Crippen molar-refractivity contribution in [1.29, 1.82) is 0 Å². The largest absolute Gasteiger partial charge is 0.325 e. The van der Waals surface area contributed by atoms with E-state index in [0.29, 0.717) is 18.2 Å². The van der Waals surface area contributed by atoms with Gasteiger partial charge in [-0.25, -0.2) is 13.8 Å². The van der Waals surface area contributed by atoms with Gasteiger partial charge in [0.25, 0.3) is 0 Å². The Morgan fingerprint density at radius 1 is 1.06 bits per heavy atom. The Labute approximate surface area is 198 Å². The Hall–Kier alpha value is -2.84. The summed E-state index contributed by atoms with van der Waals surface area (Å²) in [6.07, 6.45) is 1.84. The smallest absolute Gasteiger partial charge is 0.227 e. The monoisotopic (exact) mass is 467 g/mol. The summed E-state index contributed by atoms with van der Waals surface area (Å²) in [5.41, 5.74) is 2.28. The molecular formula is C26H31F2N5O. The number of hydrogen-bond donors (Lipinski definition) is 0. The molecule has 2 aromatic carbocycles. The maximum Gasteiger partial charge on any atom is 0.227 e. The topological polar surface area (TPSA) is 44.6 Å². The zero-order valence-electron chi connectivity index (χ0n) is 19.8. The van der Waals surface area contributed by atoms with Gasteiger partial charge in [0, 0.05) is 56.9 Å². The first kappa shape index (κ1) is 22.9. The van der Waals surface area contributed by atoms with Crippen molar-refractivity contribution in [3.05, 3.63) is 59.9 Å². The Bertz CT molecular complexity index is 1190. The van der Waals surface area contributed by atoms with Crippen LogP contribution in [0, 0.1) is 11.6 Å². The third-order valence-corrected chi connectivity index (χ3v) is 7.22. The summed E-state index contributed by atoms with van der Waals surface area (Å²) in [7, 11) is 2.15. The highest BCUT2D eigenvalue weighted by Crippen LogP contribution is 2.37. The average Bonchev–Trinajstić information content (AvgIpc) is 3.19. The molecule has 2 aliphatic rings. The lowest BCUT2D eigenvalue weighted by Gasteiger charge is -2.38. The van der Waals surface area contributed by atoms with Crippen LogP contribution in [0.5, 0.6) is 0 Å². The van der Waals surface area contributed by atoms with Gasteiger partial charge in [-0.2, -0.15) is 0 Å². The number of piperazine rings is 1.